The molecule has 1 fully saturated rings. The lowest BCUT2D eigenvalue weighted by molar-refractivity contribution is -0.148. The van der Waals surface area contributed by atoms with Gasteiger partial charge < -0.3 is 46.5 Å². The Morgan fingerprint density at radius 1 is 0.855 bits per heavy atom. The summed E-state index contributed by atoms with van der Waals surface area (Å²) in [6.07, 6.45) is -2.36. The molecular weight excluding hydrogens is 712 g/mol. The van der Waals surface area contributed by atoms with Crippen LogP contribution < -0.4 is 27.0 Å². The normalized spacial score (nSPS) is 17.1. The van der Waals surface area contributed by atoms with Gasteiger partial charge in [-0.3, -0.25) is 24.0 Å². The van der Waals surface area contributed by atoms with Crippen molar-refractivity contribution in [3.8, 4) is 0 Å². The summed E-state index contributed by atoms with van der Waals surface area (Å²) in [6.45, 7) is 7.11. The number of carbonyl (C=O) groups excluding carboxylic acids is 7. The first-order valence-electron chi connectivity index (χ1n) is 18.4. The molecule has 2 aromatic rings. The number of hydrogen-bond donors (Lipinski definition) is 6. The molecule has 0 bridgehead atoms. The maximum atomic E-state index is 14.0. The van der Waals surface area contributed by atoms with Gasteiger partial charge in [-0.05, 0) is 42.2 Å². The van der Waals surface area contributed by atoms with Crippen LogP contribution in [0.3, 0.4) is 0 Å². The van der Waals surface area contributed by atoms with E-state index in [4.69, 9.17) is 15.2 Å². The number of nitrogens with two attached hydrogens (primary N) is 1. The minimum Gasteiger partial charge on any atom is -0.467 e. The van der Waals surface area contributed by atoms with Crippen LogP contribution in [0.2, 0.25) is 0 Å². The number of esters is 1. The van der Waals surface area contributed by atoms with E-state index >= 15 is 0 Å². The number of aliphatic hydroxyl groups excluding tert-OH is 1. The van der Waals surface area contributed by atoms with Crippen LogP contribution in [0.5, 0.6) is 0 Å². The van der Waals surface area contributed by atoms with Gasteiger partial charge in [0, 0.05) is 6.54 Å². The van der Waals surface area contributed by atoms with Crippen molar-refractivity contribution in [1.29, 1.82) is 0 Å². The number of alkyl carbamates (subject to hydrolysis) is 1. The minimum absolute atomic E-state index is 0.0423. The first-order chi connectivity index (χ1) is 26.2. The average molecular weight is 767 g/mol. The Kier molecular flexibility index (Phi) is 17.1. The Bertz CT molecular complexity index is 1630. The third-order valence-electron chi connectivity index (χ3n) is 9.54. The van der Waals surface area contributed by atoms with E-state index in [-0.39, 0.29) is 37.8 Å². The third-order valence-corrected chi connectivity index (χ3v) is 9.54. The summed E-state index contributed by atoms with van der Waals surface area (Å²) in [5.74, 6) is -5.15. The number of likely N-dealkylation sites (tertiary alicyclic amines) is 1. The van der Waals surface area contributed by atoms with Gasteiger partial charge in [0.1, 0.15) is 30.8 Å². The molecule has 7 atom stereocenters. The second-order valence-electron chi connectivity index (χ2n) is 14.0. The summed E-state index contributed by atoms with van der Waals surface area (Å²) in [6, 6.07) is 11.6. The number of ether oxygens (including phenoxy) is 2. The summed E-state index contributed by atoms with van der Waals surface area (Å²) in [4.78, 5) is 93.0. The maximum Gasteiger partial charge on any atom is 0.408 e. The summed E-state index contributed by atoms with van der Waals surface area (Å²) >= 11 is 0. The molecule has 1 saturated heterocycles. The van der Waals surface area contributed by atoms with Gasteiger partial charge >= 0.3 is 12.1 Å². The SMILES string of the molecule is CC[C@H](C)[C@H](NC(=O)[C@@H]1CCCN1C(=O)[C@H](O)[C@H](Cc1ccccc1)NC(=O)[C@H](CC(N)=O)NC(=O)OCc1ccccc1)C(=O)N[C@H](C(=O)OC)C(C)C. The lowest BCUT2D eigenvalue weighted by Gasteiger charge is -2.32. The molecule has 3 rings (SSSR count). The molecule has 0 saturated carbocycles. The molecule has 6 amide bonds. The highest BCUT2D eigenvalue weighted by atomic mass is 16.5. The fraction of sp³-hybridized carbons (Fsp3) is 0.513. The van der Waals surface area contributed by atoms with Crippen LogP contribution in [0.1, 0.15) is 64.5 Å². The number of primary amides is 1. The van der Waals surface area contributed by atoms with Crippen molar-refractivity contribution < 1.29 is 48.1 Å². The minimum atomic E-state index is -1.88. The highest BCUT2D eigenvalue weighted by Crippen LogP contribution is 2.22. The summed E-state index contributed by atoms with van der Waals surface area (Å²) < 4.78 is 10.1. The zero-order chi connectivity index (χ0) is 40.7. The lowest BCUT2D eigenvalue weighted by atomic mass is 9.96. The van der Waals surface area contributed by atoms with Crippen LogP contribution >= 0.6 is 0 Å². The molecule has 0 spiro atoms. The quantitative estimate of drug-likeness (QED) is 0.111. The Morgan fingerprint density at radius 3 is 2.04 bits per heavy atom. The molecule has 300 valence electrons. The van der Waals surface area contributed by atoms with Crippen LogP contribution in [0.15, 0.2) is 60.7 Å². The number of rotatable bonds is 19. The van der Waals surface area contributed by atoms with E-state index in [0.717, 1.165) is 0 Å². The monoisotopic (exact) mass is 766 g/mol. The number of nitrogens with zero attached hydrogens (tertiary/aromatic N) is 1. The molecule has 0 unspecified atom stereocenters. The molecule has 0 aromatic heterocycles. The standard InChI is InChI=1S/C39H54N6O10/c1-6-24(4)32(36(50)43-31(23(2)3)38(52)54-5)44-35(49)29-18-13-19-45(29)37(51)33(47)27(20-25-14-9-7-10-15-25)41-34(48)28(21-30(40)46)42-39(53)55-22-26-16-11-8-12-17-26/h7-12,14-17,23-24,27-29,31-33,47H,6,13,18-22H2,1-5H3,(H2,40,46)(H,41,48)(H,42,53)(H,43,50)(H,44,49)/t24-,27-,28-,29-,31-,32-,33+/m0/s1. The molecule has 2 aromatic carbocycles. The molecule has 0 aliphatic carbocycles. The number of carbonyl (C=O) groups is 7. The van der Waals surface area contributed by atoms with E-state index in [1.54, 1.807) is 81.4 Å². The van der Waals surface area contributed by atoms with Gasteiger partial charge in [0.25, 0.3) is 5.91 Å². The third kappa shape index (κ3) is 13.1. The van der Waals surface area contributed by atoms with Crippen molar-refractivity contribution in [3.63, 3.8) is 0 Å². The van der Waals surface area contributed by atoms with Gasteiger partial charge in [-0.2, -0.15) is 0 Å². The average Bonchev–Trinajstić information content (AvgIpc) is 3.67. The van der Waals surface area contributed by atoms with E-state index in [2.05, 4.69) is 21.3 Å². The van der Waals surface area contributed by atoms with Crippen molar-refractivity contribution in [2.24, 2.45) is 17.6 Å². The maximum absolute atomic E-state index is 14.0. The first kappa shape index (κ1) is 43.9. The van der Waals surface area contributed by atoms with Gasteiger partial charge in [-0.1, -0.05) is 94.8 Å². The molecule has 7 N–H and O–H groups in total. The van der Waals surface area contributed by atoms with Crippen LogP contribution in [-0.4, -0.2) is 102 Å². The predicted molar refractivity (Wildman–Crippen MR) is 200 cm³/mol. The van der Waals surface area contributed by atoms with Crippen molar-refractivity contribution in [2.75, 3.05) is 13.7 Å². The van der Waals surface area contributed by atoms with E-state index in [9.17, 15) is 38.7 Å². The van der Waals surface area contributed by atoms with Gasteiger partial charge in [-0.15, -0.1) is 0 Å². The fourth-order valence-corrected chi connectivity index (χ4v) is 6.17. The summed E-state index contributed by atoms with van der Waals surface area (Å²) in [5.41, 5.74) is 6.72. The summed E-state index contributed by atoms with van der Waals surface area (Å²) in [7, 11) is 1.22. The van der Waals surface area contributed by atoms with Crippen molar-refractivity contribution in [3.05, 3.63) is 71.8 Å². The van der Waals surface area contributed by atoms with Crippen LogP contribution in [0.25, 0.3) is 0 Å². The molecule has 16 nitrogen and oxygen atoms in total. The predicted octanol–water partition coefficient (Wildman–Crippen LogP) is 1.08. The Balaban J connectivity index is 1.80. The highest BCUT2D eigenvalue weighted by molar-refractivity contribution is 5.95. The molecule has 1 aliphatic rings. The number of nitrogens with one attached hydrogen (secondary N) is 4. The van der Waals surface area contributed by atoms with Crippen LogP contribution in [-0.2, 0) is 51.3 Å². The molecule has 0 radical (unpaired) electrons. The smallest absolute Gasteiger partial charge is 0.408 e. The molecule has 1 aliphatic heterocycles. The number of aliphatic hydroxyl groups is 1. The first-order valence-corrected chi connectivity index (χ1v) is 18.4. The van der Waals surface area contributed by atoms with Gasteiger partial charge in [0.15, 0.2) is 6.10 Å². The number of methoxy groups -OCH3 is 1. The molecule has 16 heteroatoms. The second-order valence-corrected chi connectivity index (χ2v) is 14.0. The highest BCUT2D eigenvalue weighted by Gasteiger charge is 2.42. The number of amides is 6. The molecular formula is C39H54N6O10. The van der Waals surface area contributed by atoms with Crippen molar-refractivity contribution >= 4 is 41.6 Å². The van der Waals surface area contributed by atoms with E-state index in [0.29, 0.717) is 24.0 Å². The summed E-state index contributed by atoms with van der Waals surface area (Å²) in [5, 5.41) is 22.0. The van der Waals surface area contributed by atoms with Gasteiger partial charge in [0.05, 0.1) is 19.6 Å². The van der Waals surface area contributed by atoms with Crippen LogP contribution in [0, 0.1) is 11.8 Å². The van der Waals surface area contributed by atoms with E-state index < -0.39 is 84.3 Å². The second kappa shape index (κ2) is 21.4. The van der Waals surface area contributed by atoms with E-state index in [1.165, 1.54) is 12.0 Å². The van der Waals surface area contributed by atoms with Crippen LogP contribution in [0.4, 0.5) is 4.79 Å². The van der Waals surface area contributed by atoms with E-state index in [1.807, 2.05) is 6.92 Å². The van der Waals surface area contributed by atoms with Crippen molar-refractivity contribution in [1.82, 2.24) is 26.2 Å². The van der Waals surface area contributed by atoms with Gasteiger partial charge in [-0.25, -0.2) is 9.59 Å². The Morgan fingerprint density at radius 2 is 1.47 bits per heavy atom. The Labute approximate surface area is 321 Å². The molecule has 55 heavy (non-hydrogen) atoms. The number of hydrogen-bond acceptors (Lipinski definition) is 10. The largest absolute Gasteiger partial charge is 0.467 e. The Hall–Kier alpha value is -5.51. The number of benzene rings is 2. The van der Waals surface area contributed by atoms with Gasteiger partial charge in [0.2, 0.25) is 23.6 Å². The fourth-order valence-electron chi connectivity index (χ4n) is 6.17. The lowest BCUT2D eigenvalue weighted by Crippen LogP contribution is -2.60. The zero-order valence-electron chi connectivity index (χ0n) is 32.0. The molecule has 1 heterocycles. The topological polar surface area (TPSA) is 236 Å². The van der Waals surface area contributed by atoms with Crippen molar-refractivity contribution in [2.45, 2.75) is 103 Å². The zero-order valence-corrected chi connectivity index (χ0v) is 32.0.